The lowest BCUT2D eigenvalue weighted by molar-refractivity contribution is 0.177. The molecule has 0 aliphatic carbocycles. The van der Waals surface area contributed by atoms with Crippen LogP contribution in [0, 0.1) is 0 Å². The number of fused-ring (bicyclic) bond motifs is 1. The molecule has 3 N–H and O–H groups in total. The zero-order valence-corrected chi connectivity index (χ0v) is 12.5. The summed E-state index contributed by atoms with van der Waals surface area (Å²) in [4.78, 5) is 14.5. The minimum Gasteiger partial charge on any atom is -0.447 e. The number of rotatable bonds is 4. The van der Waals surface area contributed by atoms with E-state index in [1.807, 2.05) is 0 Å². The molecule has 2 aliphatic rings. The van der Waals surface area contributed by atoms with Gasteiger partial charge in [-0.2, -0.15) is 0 Å². The third-order valence-corrected chi connectivity index (χ3v) is 4.68. The molecule has 2 aromatic rings. The number of carbonyl (C=O) groups is 1. The van der Waals surface area contributed by atoms with E-state index in [1.165, 1.54) is 34.9 Å². The maximum atomic E-state index is 11.1. The lowest BCUT2D eigenvalue weighted by Gasteiger charge is -2.10. The van der Waals surface area contributed by atoms with Crippen LogP contribution in [0.1, 0.15) is 24.0 Å². The Labute approximate surface area is 129 Å². The number of benzene rings is 1. The minimum atomic E-state index is -0.305. The highest BCUT2D eigenvalue weighted by molar-refractivity contribution is 5.84. The molecule has 0 radical (unpaired) electrons. The number of carbonyl (C=O) groups excluding carboxylic acids is 1. The van der Waals surface area contributed by atoms with Gasteiger partial charge >= 0.3 is 6.09 Å². The van der Waals surface area contributed by atoms with Crippen molar-refractivity contribution in [2.75, 3.05) is 13.2 Å². The van der Waals surface area contributed by atoms with Gasteiger partial charge in [0.05, 0.1) is 6.04 Å². The molecule has 2 atom stereocenters. The number of amides is 1. The normalized spacial score (nSPS) is 24.6. The minimum absolute atomic E-state index is 0.0869. The molecule has 0 saturated carbocycles. The number of ether oxygens (including phenoxy) is 1. The monoisotopic (exact) mass is 299 g/mol. The fraction of sp³-hybridized carbons (Fsp3) is 0.471. The van der Waals surface area contributed by atoms with Gasteiger partial charge < -0.3 is 20.4 Å². The molecule has 5 heteroatoms. The van der Waals surface area contributed by atoms with Crippen molar-refractivity contribution in [2.24, 2.45) is 0 Å². The second-order valence-corrected chi connectivity index (χ2v) is 6.34. The summed E-state index contributed by atoms with van der Waals surface area (Å²) in [5.74, 6) is 0. The molecule has 116 valence electrons. The molecular formula is C17H21N3O2. The molecule has 0 unspecified atom stereocenters. The van der Waals surface area contributed by atoms with Crippen molar-refractivity contribution < 1.29 is 9.53 Å². The zero-order valence-electron chi connectivity index (χ0n) is 12.5. The number of hydrogen-bond donors (Lipinski definition) is 3. The molecule has 0 bridgehead atoms. The molecule has 2 fully saturated rings. The van der Waals surface area contributed by atoms with E-state index in [1.54, 1.807) is 0 Å². The van der Waals surface area contributed by atoms with Gasteiger partial charge in [-0.3, -0.25) is 0 Å². The highest BCUT2D eigenvalue weighted by Crippen LogP contribution is 2.23. The Morgan fingerprint density at radius 3 is 2.95 bits per heavy atom. The molecule has 2 saturated heterocycles. The lowest BCUT2D eigenvalue weighted by Crippen LogP contribution is -2.28. The average molecular weight is 299 g/mol. The van der Waals surface area contributed by atoms with E-state index in [0.29, 0.717) is 12.6 Å². The molecule has 3 heterocycles. The predicted molar refractivity (Wildman–Crippen MR) is 85.0 cm³/mol. The van der Waals surface area contributed by atoms with Crippen molar-refractivity contribution in [1.29, 1.82) is 0 Å². The summed E-state index contributed by atoms with van der Waals surface area (Å²) in [5, 5.41) is 7.70. The van der Waals surface area contributed by atoms with E-state index in [0.717, 1.165) is 19.4 Å². The number of H-pyrrole nitrogens is 1. The van der Waals surface area contributed by atoms with Crippen LogP contribution in [0.15, 0.2) is 24.4 Å². The van der Waals surface area contributed by atoms with Crippen LogP contribution in [-0.4, -0.2) is 36.3 Å². The van der Waals surface area contributed by atoms with E-state index in [-0.39, 0.29) is 12.1 Å². The van der Waals surface area contributed by atoms with Gasteiger partial charge in [0.2, 0.25) is 0 Å². The van der Waals surface area contributed by atoms with Gasteiger partial charge in [-0.1, -0.05) is 6.07 Å². The molecule has 1 aromatic carbocycles. The number of nitrogens with one attached hydrogen (secondary N) is 3. The van der Waals surface area contributed by atoms with Gasteiger partial charge in [0, 0.05) is 23.1 Å². The lowest BCUT2D eigenvalue weighted by atomic mass is 10.00. The van der Waals surface area contributed by atoms with Crippen molar-refractivity contribution in [1.82, 2.24) is 15.6 Å². The van der Waals surface area contributed by atoms with Crippen molar-refractivity contribution in [3.05, 3.63) is 35.5 Å². The Morgan fingerprint density at radius 2 is 2.18 bits per heavy atom. The van der Waals surface area contributed by atoms with Crippen LogP contribution < -0.4 is 10.6 Å². The number of alkyl carbamates (subject to hydrolysis) is 1. The summed E-state index contributed by atoms with van der Waals surface area (Å²) in [6.45, 7) is 1.60. The maximum Gasteiger partial charge on any atom is 0.407 e. The number of aromatic amines is 1. The zero-order chi connectivity index (χ0) is 14.9. The summed E-state index contributed by atoms with van der Waals surface area (Å²) in [6, 6.07) is 7.20. The molecule has 0 spiro atoms. The van der Waals surface area contributed by atoms with Crippen LogP contribution in [0.5, 0.6) is 0 Å². The van der Waals surface area contributed by atoms with E-state index < -0.39 is 0 Å². The summed E-state index contributed by atoms with van der Waals surface area (Å²) in [5.41, 5.74) is 3.80. The Bertz CT molecular complexity index is 688. The Hall–Kier alpha value is -2.01. The quantitative estimate of drug-likeness (QED) is 0.810. The Kier molecular flexibility index (Phi) is 3.50. The Balaban J connectivity index is 1.54. The Morgan fingerprint density at radius 1 is 1.23 bits per heavy atom. The van der Waals surface area contributed by atoms with Crippen LogP contribution >= 0.6 is 0 Å². The van der Waals surface area contributed by atoms with Crippen LogP contribution in [0.2, 0.25) is 0 Å². The molecule has 1 aromatic heterocycles. The van der Waals surface area contributed by atoms with Gasteiger partial charge in [-0.15, -0.1) is 0 Å². The van der Waals surface area contributed by atoms with Crippen LogP contribution in [-0.2, 0) is 17.6 Å². The van der Waals surface area contributed by atoms with Crippen LogP contribution in [0.3, 0.4) is 0 Å². The van der Waals surface area contributed by atoms with Crippen molar-refractivity contribution in [2.45, 2.75) is 37.8 Å². The summed E-state index contributed by atoms with van der Waals surface area (Å²) >= 11 is 0. The van der Waals surface area contributed by atoms with E-state index >= 15 is 0 Å². The first-order chi connectivity index (χ1) is 10.8. The third-order valence-electron chi connectivity index (χ3n) is 4.68. The van der Waals surface area contributed by atoms with Crippen LogP contribution in [0.4, 0.5) is 4.79 Å². The molecule has 22 heavy (non-hydrogen) atoms. The topological polar surface area (TPSA) is 66.2 Å². The van der Waals surface area contributed by atoms with Crippen molar-refractivity contribution >= 4 is 17.0 Å². The standard InChI is InChI=1S/C17H21N3O2/c21-17-20-14(10-22-17)6-11-3-4-16-15(7-11)12(9-19-16)8-13-2-1-5-18-13/h3-4,7,9,13-14,18-19H,1-2,5-6,8,10H2,(H,20,21)/t13-,14+/m1/s1. The first-order valence-corrected chi connectivity index (χ1v) is 8.03. The number of aromatic nitrogens is 1. The first kappa shape index (κ1) is 13.6. The SMILES string of the molecule is O=C1N[C@@H](Cc2ccc3[nH]cc(C[C@H]4CCCN4)c3c2)CO1. The average Bonchev–Trinajstić information content (AvgIpc) is 3.23. The third kappa shape index (κ3) is 2.68. The largest absolute Gasteiger partial charge is 0.447 e. The number of cyclic esters (lactones) is 1. The van der Waals surface area contributed by atoms with Gasteiger partial charge in [-0.25, -0.2) is 4.79 Å². The van der Waals surface area contributed by atoms with Crippen molar-refractivity contribution in [3.8, 4) is 0 Å². The summed E-state index contributed by atoms with van der Waals surface area (Å²) in [7, 11) is 0. The predicted octanol–water partition coefficient (Wildman–Crippen LogP) is 2.11. The molecule has 1 amide bonds. The number of hydrogen-bond acceptors (Lipinski definition) is 3. The smallest absolute Gasteiger partial charge is 0.407 e. The highest BCUT2D eigenvalue weighted by Gasteiger charge is 2.22. The fourth-order valence-corrected chi connectivity index (χ4v) is 3.54. The summed E-state index contributed by atoms with van der Waals surface area (Å²) in [6.07, 6.45) is 6.26. The second-order valence-electron chi connectivity index (χ2n) is 6.34. The fourth-order valence-electron chi connectivity index (χ4n) is 3.54. The van der Waals surface area contributed by atoms with Gasteiger partial charge in [0.25, 0.3) is 0 Å². The first-order valence-electron chi connectivity index (χ1n) is 8.03. The van der Waals surface area contributed by atoms with Gasteiger partial charge in [-0.05, 0) is 55.5 Å². The van der Waals surface area contributed by atoms with Crippen LogP contribution in [0.25, 0.3) is 10.9 Å². The molecule has 2 aliphatic heterocycles. The van der Waals surface area contributed by atoms with E-state index in [2.05, 4.69) is 40.0 Å². The molecule has 4 rings (SSSR count). The highest BCUT2D eigenvalue weighted by atomic mass is 16.6. The van der Waals surface area contributed by atoms with Crippen molar-refractivity contribution in [3.63, 3.8) is 0 Å². The van der Waals surface area contributed by atoms with E-state index in [4.69, 9.17) is 4.74 Å². The van der Waals surface area contributed by atoms with E-state index in [9.17, 15) is 4.79 Å². The van der Waals surface area contributed by atoms with Gasteiger partial charge in [0.1, 0.15) is 6.61 Å². The summed E-state index contributed by atoms with van der Waals surface area (Å²) < 4.78 is 4.96. The van der Waals surface area contributed by atoms with Gasteiger partial charge in [0.15, 0.2) is 0 Å². The maximum absolute atomic E-state index is 11.1. The second kappa shape index (κ2) is 5.65. The molecule has 5 nitrogen and oxygen atoms in total. The molecular weight excluding hydrogens is 278 g/mol.